The molecule has 0 spiro atoms. The lowest BCUT2D eigenvalue weighted by Crippen LogP contribution is -2.02. The van der Waals surface area contributed by atoms with Gasteiger partial charge in [-0.2, -0.15) is 8.78 Å². The molecule has 2 rings (SSSR count). The lowest BCUT2D eigenvalue weighted by molar-refractivity contribution is -0.0498. The number of ether oxygens (including phenoxy) is 1. The smallest absolute Gasteiger partial charge is 0.387 e. The highest BCUT2D eigenvalue weighted by atomic mass is 35.5. The molecule has 2 aromatic rings. The molecule has 0 aliphatic heterocycles. The molecule has 0 saturated carbocycles. The van der Waals surface area contributed by atoms with E-state index in [-0.39, 0.29) is 11.3 Å². The van der Waals surface area contributed by atoms with Crippen molar-refractivity contribution in [2.45, 2.75) is 6.61 Å². The molecule has 0 fully saturated rings. The normalized spacial score (nSPS) is 10.8. The molecule has 0 heterocycles. The molecule has 100 valence electrons. The molecular weight excluding hydrogens is 300 g/mol. The van der Waals surface area contributed by atoms with E-state index in [4.69, 9.17) is 23.2 Å². The molecule has 0 saturated heterocycles. The average molecular weight is 307 g/mol. The van der Waals surface area contributed by atoms with Gasteiger partial charge in [-0.1, -0.05) is 23.2 Å². The molecule has 1 nitrogen and oxygen atoms in total. The van der Waals surface area contributed by atoms with E-state index in [2.05, 4.69) is 4.74 Å². The van der Waals surface area contributed by atoms with E-state index in [0.717, 1.165) is 12.1 Å². The van der Waals surface area contributed by atoms with Gasteiger partial charge in [0.1, 0.15) is 11.6 Å². The van der Waals surface area contributed by atoms with Gasteiger partial charge in [0.15, 0.2) is 0 Å². The fourth-order valence-corrected chi connectivity index (χ4v) is 2.14. The van der Waals surface area contributed by atoms with E-state index in [1.54, 1.807) is 0 Å². The second-order valence-electron chi connectivity index (χ2n) is 3.68. The number of hydrogen-bond donors (Lipinski definition) is 0. The summed E-state index contributed by atoms with van der Waals surface area (Å²) in [4.78, 5) is 0. The molecule has 0 aliphatic carbocycles. The van der Waals surface area contributed by atoms with Crippen molar-refractivity contribution in [2.75, 3.05) is 0 Å². The minimum Gasteiger partial charge on any atom is -0.435 e. The number of hydrogen-bond acceptors (Lipinski definition) is 1. The number of halogens is 5. The van der Waals surface area contributed by atoms with Gasteiger partial charge in [0.05, 0.1) is 0 Å². The third-order valence-electron chi connectivity index (χ3n) is 2.34. The SMILES string of the molecule is Fc1ccc(OC(F)F)cc1-c1cc(Cl)cc(Cl)c1. The van der Waals surface area contributed by atoms with Crippen molar-refractivity contribution >= 4 is 23.2 Å². The topological polar surface area (TPSA) is 9.23 Å². The molecular formula is C13H7Cl2F3O. The summed E-state index contributed by atoms with van der Waals surface area (Å²) < 4.78 is 42.2. The van der Waals surface area contributed by atoms with Crippen molar-refractivity contribution in [1.82, 2.24) is 0 Å². The Balaban J connectivity index is 2.48. The van der Waals surface area contributed by atoms with Crippen LogP contribution in [0.25, 0.3) is 11.1 Å². The molecule has 0 radical (unpaired) electrons. The zero-order valence-electron chi connectivity index (χ0n) is 9.34. The molecule has 0 aromatic heterocycles. The van der Waals surface area contributed by atoms with Crippen LogP contribution in [0.5, 0.6) is 5.75 Å². The first-order valence-corrected chi connectivity index (χ1v) is 5.92. The summed E-state index contributed by atoms with van der Waals surface area (Å²) in [6.45, 7) is -2.97. The largest absolute Gasteiger partial charge is 0.435 e. The van der Waals surface area contributed by atoms with Crippen LogP contribution in [-0.2, 0) is 0 Å². The van der Waals surface area contributed by atoms with Gasteiger partial charge in [-0.25, -0.2) is 4.39 Å². The van der Waals surface area contributed by atoms with E-state index in [1.165, 1.54) is 24.3 Å². The predicted molar refractivity (Wildman–Crippen MR) is 68.5 cm³/mol. The quantitative estimate of drug-likeness (QED) is 0.737. The monoisotopic (exact) mass is 306 g/mol. The van der Waals surface area contributed by atoms with Crippen LogP contribution in [0.4, 0.5) is 13.2 Å². The maximum absolute atomic E-state index is 13.7. The average Bonchev–Trinajstić information content (AvgIpc) is 2.29. The second kappa shape index (κ2) is 5.72. The standard InChI is InChI=1S/C13H7Cl2F3O/c14-8-3-7(4-9(15)5-8)11-6-10(19-13(17)18)1-2-12(11)16/h1-6,13H. The van der Waals surface area contributed by atoms with Crippen molar-refractivity contribution in [2.24, 2.45) is 0 Å². The van der Waals surface area contributed by atoms with Gasteiger partial charge in [0, 0.05) is 15.6 Å². The highest BCUT2D eigenvalue weighted by Crippen LogP contribution is 2.31. The zero-order chi connectivity index (χ0) is 14.0. The Kier molecular flexibility index (Phi) is 4.22. The van der Waals surface area contributed by atoms with E-state index in [0.29, 0.717) is 15.6 Å². The molecule has 2 aromatic carbocycles. The van der Waals surface area contributed by atoms with Gasteiger partial charge in [0.2, 0.25) is 0 Å². The first kappa shape index (κ1) is 14.0. The van der Waals surface area contributed by atoms with E-state index < -0.39 is 12.4 Å². The van der Waals surface area contributed by atoms with Crippen LogP contribution < -0.4 is 4.74 Å². The fourth-order valence-electron chi connectivity index (χ4n) is 1.61. The maximum Gasteiger partial charge on any atom is 0.387 e. The van der Waals surface area contributed by atoms with Crippen LogP contribution in [0.1, 0.15) is 0 Å². The Bertz CT molecular complexity index is 582. The molecule has 0 bridgehead atoms. The molecule has 0 atom stereocenters. The number of alkyl halides is 2. The van der Waals surface area contributed by atoms with Crippen molar-refractivity contribution in [3.05, 3.63) is 52.3 Å². The Morgan fingerprint density at radius 1 is 0.947 bits per heavy atom. The van der Waals surface area contributed by atoms with Gasteiger partial charge in [0.25, 0.3) is 0 Å². The minimum atomic E-state index is -2.97. The van der Waals surface area contributed by atoms with Crippen LogP contribution in [-0.4, -0.2) is 6.61 Å². The zero-order valence-corrected chi connectivity index (χ0v) is 10.9. The molecule has 0 unspecified atom stereocenters. The van der Waals surface area contributed by atoms with Crippen molar-refractivity contribution in [1.29, 1.82) is 0 Å². The van der Waals surface area contributed by atoms with Crippen molar-refractivity contribution in [3.8, 4) is 16.9 Å². The minimum absolute atomic E-state index is 0.0857. The Morgan fingerprint density at radius 3 is 2.16 bits per heavy atom. The van der Waals surface area contributed by atoms with Crippen molar-refractivity contribution < 1.29 is 17.9 Å². The summed E-state index contributed by atoms with van der Waals surface area (Å²) in [6.07, 6.45) is 0. The summed E-state index contributed by atoms with van der Waals surface area (Å²) in [5.41, 5.74) is 0.470. The van der Waals surface area contributed by atoms with Crippen LogP contribution in [0.15, 0.2) is 36.4 Å². The van der Waals surface area contributed by atoms with Gasteiger partial charge >= 0.3 is 6.61 Å². The summed E-state index contributed by atoms with van der Waals surface area (Å²) in [6, 6.07) is 7.79. The summed E-state index contributed by atoms with van der Waals surface area (Å²) in [7, 11) is 0. The Morgan fingerprint density at radius 2 is 1.58 bits per heavy atom. The van der Waals surface area contributed by atoms with Crippen molar-refractivity contribution in [3.63, 3.8) is 0 Å². The molecule has 0 N–H and O–H groups in total. The third kappa shape index (κ3) is 3.55. The number of rotatable bonds is 3. The van der Waals surface area contributed by atoms with Crippen LogP contribution in [0, 0.1) is 5.82 Å². The first-order valence-electron chi connectivity index (χ1n) is 5.16. The summed E-state index contributed by atoms with van der Waals surface area (Å²) >= 11 is 11.6. The highest BCUT2D eigenvalue weighted by molar-refractivity contribution is 6.35. The Labute approximate surface area is 117 Å². The lowest BCUT2D eigenvalue weighted by atomic mass is 10.0. The fraction of sp³-hybridized carbons (Fsp3) is 0.0769. The Hall–Kier alpha value is -1.39. The van der Waals surface area contributed by atoms with E-state index in [1.807, 2.05) is 0 Å². The van der Waals surface area contributed by atoms with Crippen LogP contribution in [0.3, 0.4) is 0 Å². The number of benzene rings is 2. The van der Waals surface area contributed by atoms with Gasteiger partial charge in [-0.3, -0.25) is 0 Å². The molecule has 0 aliphatic rings. The van der Waals surface area contributed by atoms with Gasteiger partial charge in [-0.15, -0.1) is 0 Å². The summed E-state index contributed by atoms with van der Waals surface area (Å²) in [5.74, 6) is -0.720. The molecule has 6 heteroatoms. The third-order valence-corrected chi connectivity index (χ3v) is 2.77. The highest BCUT2D eigenvalue weighted by Gasteiger charge is 2.11. The lowest BCUT2D eigenvalue weighted by Gasteiger charge is -2.09. The van der Waals surface area contributed by atoms with Crippen LogP contribution >= 0.6 is 23.2 Å². The second-order valence-corrected chi connectivity index (χ2v) is 4.55. The molecule has 0 amide bonds. The first-order chi connectivity index (χ1) is 8.95. The molecule has 19 heavy (non-hydrogen) atoms. The maximum atomic E-state index is 13.7. The van der Waals surface area contributed by atoms with Crippen LogP contribution in [0.2, 0.25) is 10.0 Å². The summed E-state index contributed by atoms with van der Waals surface area (Å²) in [5, 5.41) is 0.643. The van der Waals surface area contributed by atoms with Gasteiger partial charge in [-0.05, 0) is 42.0 Å². The van der Waals surface area contributed by atoms with Gasteiger partial charge < -0.3 is 4.74 Å². The van der Waals surface area contributed by atoms with E-state index >= 15 is 0 Å². The predicted octanol–water partition coefficient (Wildman–Crippen LogP) is 5.40. The van der Waals surface area contributed by atoms with E-state index in [9.17, 15) is 13.2 Å².